The molecule has 0 bridgehead atoms. The van der Waals surface area contributed by atoms with Gasteiger partial charge in [-0.25, -0.2) is 0 Å². The van der Waals surface area contributed by atoms with Gasteiger partial charge in [-0.2, -0.15) is 26.3 Å². The molecule has 9 heteroatoms. The average Bonchev–Trinajstić information content (AvgIpc) is 2.12. The van der Waals surface area contributed by atoms with Crippen molar-refractivity contribution in [3.63, 3.8) is 0 Å². The van der Waals surface area contributed by atoms with E-state index in [1.54, 1.807) is 0 Å². The molecule has 102 valence electrons. The summed E-state index contributed by atoms with van der Waals surface area (Å²) in [4.78, 5) is 0. The predicted octanol–water partition coefficient (Wildman–Crippen LogP) is 3.90. The van der Waals surface area contributed by atoms with Gasteiger partial charge < -0.3 is 10.5 Å². The minimum atomic E-state index is -5.57. The number of ether oxygens (including phenoxy) is 1. The summed E-state index contributed by atoms with van der Waals surface area (Å²) in [6, 6.07) is 3.28. The van der Waals surface area contributed by atoms with E-state index < -0.39 is 24.2 Å². The summed E-state index contributed by atoms with van der Waals surface area (Å²) in [6.45, 7) is 0. The predicted molar refractivity (Wildman–Crippen MR) is 55.1 cm³/mol. The molecule has 0 aliphatic heterocycles. The highest BCUT2D eigenvalue weighted by molar-refractivity contribution is 9.10. The fraction of sp³-hybridized carbons (Fsp3) is 0.333. The van der Waals surface area contributed by atoms with Crippen molar-refractivity contribution in [2.24, 2.45) is 0 Å². The summed E-state index contributed by atoms with van der Waals surface area (Å²) >= 11 is 2.96. The third-order valence-electron chi connectivity index (χ3n) is 1.81. The van der Waals surface area contributed by atoms with Crippen molar-refractivity contribution in [1.29, 1.82) is 0 Å². The lowest BCUT2D eigenvalue weighted by Gasteiger charge is -2.24. The van der Waals surface area contributed by atoms with Gasteiger partial charge in [-0.1, -0.05) is 15.9 Å². The van der Waals surface area contributed by atoms with Gasteiger partial charge in [0, 0.05) is 4.47 Å². The summed E-state index contributed by atoms with van der Waals surface area (Å²) in [5, 5.41) is 0. The molecule has 0 saturated heterocycles. The number of alkyl halides is 6. The molecular formula is C9H6BrF6NO. The number of anilines is 1. The molecule has 0 heterocycles. The van der Waals surface area contributed by atoms with Crippen molar-refractivity contribution in [2.45, 2.75) is 18.5 Å². The highest BCUT2D eigenvalue weighted by atomic mass is 79.9. The Hall–Kier alpha value is -1.12. The number of hydrogen-bond donors (Lipinski definition) is 1. The topological polar surface area (TPSA) is 35.2 Å². The van der Waals surface area contributed by atoms with Crippen LogP contribution < -0.4 is 10.5 Å². The lowest BCUT2D eigenvalue weighted by atomic mass is 10.3. The van der Waals surface area contributed by atoms with Crippen LogP contribution in [0.25, 0.3) is 0 Å². The zero-order valence-electron chi connectivity index (χ0n) is 8.44. The second kappa shape index (κ2) is 4.87. The van der Waals surface area contributed by atoms with Crippen molar-refractivity contribution in [3.8, 4) is 5.75 Å². The second-order valence-electron chi connectivity index (χ2n) is 3.26. The first-order valence-electron chi connectivity index (χ1n) is 4.37. The summed E-state index contributed by atoms with van der Waals surface area (Å²) in [6.07, 6.45) is -15.1. The Kier molecular flexibility index (Phi) is 4.04. The molecule has 1 rings (SSSR count). The number of nitrogens with two attached hydrogens (primary N) is 1. The lowest BCUT2D eigenvalue weighted by molar-refractivity contribution is -0.299. The first kappa shape index (κ1) is 14.9. The largest absolute Gasteiger partial charge is 0.469 e. The van der Waals surface area contributed by atoms with Crippen molar-refractivity contribution >= 4 is 21.6 Å². The van der Waals surface area contributed by atoms with Crippen LogP contribution in [0.1, 0.15) is 0 Å². The van der Waals surface area contributed by atoms with E-state index in [1.165, 1.54) is 6.07 Å². The quantitative estimate of drug-likeness (QED) is 0.656. The van der Waals surface area contributed by atoms with Crippen molar-refractivity contribution in [2.75, 3.05) is 5.73 Å². The van der Waals surface area contributed by atoms with Crippen molar-refractivity contribution in [3.05, 3.63) is 22.7 Å². The van der Waals surface area contributed by atoms with E-state index in [0.29, 0.717) is 4.47 Å². The summed E-state index contributed by atoms with van der Waals surface area (Å²) in [5.74, 6) is -0.683. The Morgan fingerprint density at radius 2 is 1.56 bits per heavy atom. The molecule has 0 radical (unpaired) electrons. The third kappa shape index (κ3) is 3.69. The number of rotatable bonds is 2. The van der Waals surface area contributed by atoms with Crippen LogP contribution in [-0.2, 0) is 0 Å². The van der Waals surface area contributed by atoms with E-state index in [1.807, 2.05) is 0 Å². The Balaban J connectivity index is 3.05. The van der Waals surface area contributed by atoms with Crippen LogP contribution in [0.3, 0.4) is 0 Å². The molecule has 18 heavy (non-hydrogen) atoms. The highest BCUT2D eigenvalue weighted by Gasteiger charge is 2.59. The maximum atomic E-state index is 12.2. The SMILES string of the molecule is Nc1cc(Br)ccc1OC(C(F)(F)F)C(F)(F)F. The van der Waals surface area contributed by atoms with Gasteiger partial charge in [0.05, 0.1) is 5.69 Å². The first-order chi connectivity index (χ1) is 8.01. The number of hydrogen-bond acceptors (Lipinski definition) is 2. The molecule has 0 atom stereocenters. The van der Waals surface area contributed by atoms with Crippen LogP contribution in [0, 0.1) is 0 Å². The Labute approximate surface area is 106 Å². The van der Waals surface area contributed by atoms with Gasteiger partial charge in [-0.3, -0.25) is 0 Å². The number of nitrogen functional groups attached to an aromatic ring is 1. The van der Waals surface area contributed by atoms with Gasteiger partial charge in [0.2, 0.25) is 0 Å². The smallest absolute Gasteiger partial charge is 0.434 e. The Bertz CT molecular complexity index is 416. The summed E-state index contributed by atoms with van der Waals surface area (Å²) < 4.78 is 77.6. The molecule has 0 unspecified atom stereocenters. The van der Waals surface area contributed by atoms with Gasteiger partial charge in [0.1, 0.15) is 5.75 Å². The standard InChI is InChI=1S/C9H6BrF6NO/c10-4-1-2-6(5(17)3-4)18-7(8(11,12)13)9(14,15)16/h1-3,7H,17H2. The molecular weight excluding hydrogens is 332 g/mol. The molecule has 0 aliphatic rings. The van der Waals surface area contributed by atoms with E-state index in [0.717, 1.165) is 12.1 Å². The van der Waals surface area contributed by atoms with Gasteiger partial charge in [-0.05, 0) is 18.2 Å². The Morgan fingerprint density at radius 3 is 1.94 bits per heavy atom. The van der Waals surface area contributed by atoms with E-state index in [-0.39, 0.29) is 5.69 Å². The fourth-order valence-corrected chi connectivity index (χ4v) is 1.45. The van der Waals surface area contributed by atoms with Crippen molar-refractivity contribution < 1.29 is 31.1 Å². The van der Waals surface area contributed by atoms with Crippen LogP contribution in [0.2, 0.25) is 0 Å². The maximum absolute atomic E-state index is 12.2. The first-order valence-corrected chi connectivity index (χ1v) is 5.16. The van der Waals surface area contributed by atoms with Crippen molar-refractivity contribution in [1.82, 2.24) is 0 Å². The average molecular weight is 338 g/mol. The molecule has 2 N–H and O–H groups in total. The molecule has 0 amide bonds. The highest BCUT2D eigenvalue weighted by Crippen LogP contribution is 2.38. The second-order valence-corrected chi connectivity index (χ2v) is 4.18. The van der Waals surface area contributed by atoms with Crippen LogP contribution in [0.5, 0.6) is 5.75 Å². The van der Waals surface area contributed by atoms with E-state index in [2.05, 4.69) is 20.7 Å². The molecule has 1 aromatic rings. The van der Waals surface area contributed by atoms with Crippen LogP contribution in [-0.4, -0.2) is 18.5 Å². The molecule has 0 aromatic heterocycles. The lowest BCUT2D eigenvalue weighted by Crippen LogP contribution is -2.46. The van der Waals surface area contributed by atoms with Crippen LogP contribution in [0.4, 0.5) is 32.0 Å². The zero-order valence-corrected chi connectivity index (χ0v) is 10.0. The summed E-state index contributed by atoms with van der Waals surface area (Å²) in [7, 11) is 0. The number of benzene rings is 1. The van der Waals surface area contributed by atoms with Gasteiger partial charge >= 0.3 is 12.4 Å². The van der Waals surface area contributed by atoms with Gasteiger partial charge in [-0.15, -0.1) is 0 Å². The molecule has 0 saturated carbocycles. The third-order valence-corrected chi connectivity index (χ3v) is 2.30. The van der Waals surface area contributed by atoms with E-state index in [9.17, 15) is 26.3 Å². The molecule has 0 spiro atoms. The minimum absolute atomic E-state index is 0.331. The summed E-state index contributed by atoms with van der Waals surface area (Å²) in [5.41, 5.74) is 4.94. The molecule has 1 aromatic carbocycles. The monoisotopic (exact) mass is 337 g/mol. The van der Waals surface area contributed by atoms with E-state index >= 15 is 0 Å². The normalized spacial score (nSPS) is 12.9. The van der Waals surface area contributed by atoms with Gasteiger partial charge in [0.15, 0.2) is 0 Å². The zero-order chi connectivity index (χ0) is 14.1. The molecule has 2 nitrogen and oxygen atoms in total. The Morgan fingerprint density at radius 1 is 1.06 bits per heavy atom. The number of halogens is 7. The fourth-order valence-electron chi connectivity index (χ4n) is 1.07. The van der Waals surface area contributed by atoms with E-state index in [4.69, 9.17) is 5.73 Å². The minimum Gasteiger partial charge on any atom is -0.469 e. The molecule has 0 aliphatic carbocycles. The van der Waals surface area contributed by atoms with Crippen LogP contribution in [0.15, 0.2) is 22.7 Å². The maximum Gasteiger partial charge on any atom is 0.434 e. The van der Waals surface area contributed by atoms with Crippen LogP contribution >= 0.6 is 15.9 Å². The van der Waals surface area contributed by atoms with Gasteiger partial charge in [0.25, 0.3) is 6.10 Å². The molecule has 0 fully saturated rings.